The highest BCUT2D eigenvalue weighted by Crippen LogP contribution is 2.36. The predicted octanol–water partition coefficient (Wildman–Crippen LogP) is 2.09. The largest absolute Gasteiger partial charge is 0.466 e. The first kappa shape index (κ1) is 33.5. The Labute approximate surface area is 254 Å². The van der Waals surface area contributed by atoms with Gasteiger partial charge in [0.2, 0.25) is 11.8 Å². The van der Waals surface area contributed by atoms with Crippen molar-refractivity contribution >= 4 is 23.6 Å². The van der Waals surface area contributed by atoms with Crippen LogP contribution < -0.4 is 28.2 Å². The van der Waals surface area contributed by atoms with Crippen LogP contribution in [0.4, 0.5) is 0 Å². The van der Waals surface area contributed by atoms with Crippen LogP contribution in [0, 0.1) is 5.92 Å². The maximum absolute atomic E-state index is 14.0. The zero-order valence-corrected chi connectivity index (χ0v) is 25.6. The van der Waals surface area contributed by atoms with Gasteiger partial charge in [-0.2, -0.15) is 5.10 Å². The molecule has 0 radical (unpaired) electrons. The van der Waals surface area contributed by atoms with Crippen molar-refractivity contribution in [2.75, 3.05) is 19.7 Å². The molecule has 0 aromatic heterocycles. The number of piperidine rings is 1. The number of carbonyl (C=O) groups excluding carboxylic acids is 3. The third-order valence-corrected chi connectivity index (χ3v) is 7.91. The molecule has 0 bridgehead atoms. The summed E-state index contributed by atoms with van der Waals surface area (Å²) in [6.07, 6.45) is 3.60. The topological polar surface area (TPSA) is 178 Å². The minimum atomic E-state index is -1.14. The molecule has 11 nitrogen and oxygen atoms in total. The second-order valence-electron chi connectivity index (χ2n) is 11.6. The third-order valence-electron chi connectivity index (χ3n) is 7.91. The van der Waals surface area contributed by atoms with E-state index in [0.29, 0.717) is 44.5 Å². The van der Waals surface area contributed by atoms with Gasteiger partial charge in [0, 0.05) is 25.4 Å². The highest BCUT2D eigenvalue weighted by Gasteiger charge is 2.40. The molecule has 0 aliphatic carbocycles. The maximum Gasteiger partial charge on any atom is 0.311 e. The van der Waals surface area contributed by atoms with Crippen LogP contribution in [0.25, 0.3) is 0 Å². The van der Waals surface area contributed by atoms with Crippen molar-refractivity contribution in [3.05, 3.63) is 71.3 Å². The molecule has 2 aromatic carbocycles. The molecule has 8 N–H and O–H groups in total. The van der Waals surface area contributed by atoms with Gasteiger partial charge in [-0.1, -0.05) is 54.6 Å². The molecule has 3 atom stereocenters. The van der Waals surface area contributed by atoms with Crippen molar-refractivity contribution in [1.29, 1.82) is 0 Å². The van der Waals surface area contributed by atoms with Gasteiger partial charge in [-0.05, 0) is 69.6 Å². The molecule has 0 spiro atoms. The molecule has 1 aliphatic rings. The molecule has 2 amide bonds. The Morgan fingerprint density at radius 3 is 2.44 bits per heavy atom. The van der Waals surface area contributed by atoms with E-state index in [1.807, 2.05) is 54.6 Å². The highest BCUT2D eigenvalue weighted by molar-refractivity contribution is 5.91. The monoisotopic (exact) mass is 593 g/mol. The lowest BCUT2D eigenvalue weighted by Gasteiger charge is -2.40. The summed E-state index contributed by atoms with van der Waals surface area (Å²) < 4.78 is 5.49. The smallest absolute Gasteiger partial charge is 0.311 e. The van der Waals surface area contributed by atoms with Gasteiger partial charge in [0.25, 0.3) is 0 Å². The van der Waals surface area contributed by atoms with Crippen LogP contribution in [0.5, 0.6) is 0 Å². The molecular weight excluding hydrogens is 546 g/mol. The van der Waals surface area contributed by atoms with Gasteiger partial charge in [-0.3, -0.25) is 14.4 Å². The number of hydrogen-bond acceptors (Lipinski definition) is 8. The van der Waals surface area contributed by atoms with Crippen molar-refractivity contribution in [1.82, 2.24) is 15.6 Å². The molecule has 2 unspecified atom stereocenters. The number of amidine groups is 1. The van der Waals surface area contributed by atoms with E-state index in [1.165, 1.54) is 0 Å². The van der Waals surface area contributed by atoms with E-state index in [9.17, 15) is 14.4 Å². The lowest BCUT2D eigenvalue weighted by molar-refractivity contribution is -0.153. The van der Waals surface area contributed by atoms with Crippen LogP contribution in [0.1, 0.15) is 69.1 Å². The summed E-state index contributed by atoms with van der Waals surface area (Å²) in [5.74, 6) is 9.71. The first-order chi connectivity index (χ1) is 20.6. The summed E-state index contributed by atoms with van der Waals surface area (Å²) in [5.41, 5.74) is 10.7. The average molecular weight is 594 g/mol. The van der Waals surface area contributed by atoms with Crippen molar-refractivity contribution in [2.24, 2.45) is 28.4 Å². The van der Waals surface area contributed by atoms with E-state index < -0.39 is 23.4 Å². The van der Waals surface area contributed by atoms with Gasteiger partial charge < -0.3 is 32.0 Å². The van der Waals surface area contributed by atoms with Gasteiger partial charge in [0.1, 0.15) is 11.9 Å². The number of esters is 1. The fourth-order valence-corrected chi connectivity index (χ4v) is 5.54. The molecule has 11 heteroatoms. The lowest BCUT2D eigenvalue weighted by atomic mass is 9.77. The molecule has 234 valence electrons. The minimum Gasteiger partial charge on any atom is -0.466 e. The molecule has 2 aromatic rings. The second kappa shape index (κ2) is 16.0. The van der Waals surface area contributed by atoms with Crippen LogP contribution in [-0.4, -0.2) is 59.8 Å². The van der Waals surface area contributed by atoms with Gasteiger partial charge in [0.15, 0.2) is 0 Å². The normalized spacial score (nSPS) is 18.1. The van der Waals surface area contributed by atoms with Crippen molar-refractivity contribution in [3.63, 3.8) is 0 Å². The summed E-state index contributed by atoms with van der Waals surface area (Å²) in [7, 11) is 0. The standard InChI is InChI=1S/C32H47N7O4/c1-4-43-30(41)26-21-39(20-19-25(26)24-15-9-8-14-23(24)17-18-28(37-34)38-35)29(40)27(36-31(42)32(2,3)33)16-10-13-22-11-6-5-7-12-22/h5-9,11-12,14-15,25-27H,4,10,13,16-21,33-35H2,1-3H3,(H,36,42)(H,37,38)/t25?,26?,27-/m1/s1. The fourth-order valence-electron chi connectivity index (χ4n) is 5.54. The summed E-state index contributed by atoms with van der Waals surface area (Å²) in [5, 5.41) is 6.57. The Kier molecular flexibility index (Phi) is 12.5. The third kappa shape index (κ3) is 9.52. The van der Waals surface area contributed by atoms with Gasteiger partial charge in [0.05, 0.1) is 18.1 Å². The Hall–Kier alpha value is -3.96. The number of carbonyl (C=O) groups is 3. The molecule has 0 saturated carbocycles. The van der Waals surface area contributed by atoms with E-state index in [2.05, 4.69) is 15.8 Å². The maximum atomic E-state index is 14.0. The summed E-state index contributed by atoms with van der Waals surface area (Å²) >= 11 is 0. The van der Waals surface area contributed by atoms with Crippen LogP contribution in [0.3, 0.4) is 0 Å². The van der Waals surface area contributed by atoms with Crippen LogP contribution in [0.2, 0.25) is 0 Å². The zero-order valence-electron chi connectivity index (χ0n) is 25.6. The van der Waals surface area contributed by atoms with Gasteiger partial charge >= 0.3 is 5.97 Å². The number of nitrogens with zero attached hydrogens (tertiary/aromatic N) is 2. The lowest BCUT2D eigenvalue weighted by Crippen LogP contribution is -2.58. The first-order valence-corrected chi connectivity index (χ1v) is 15.0. The van der Waals surface area contributed by atoms with E-state index in [0.717, 1.165) is 23.1 Å². The number of hydrogen-bond donors (Lipinski definition) is 5. The molecule has 1 fully saturated rings. The quantitative estimate of drug-likeness (QED) is 0.0770. The molecule has 1 heterocycles. The summed E-state index contributed by atoms with van der Waals surface area (Å²) in [6, 6.07) is 17.2. The molecular formula is C32H47N7O4. The van der Waals surface area contributed by atoms with Gasteiger partial charge in [-0.15, -0.1) is 0 Å². The average Bonchev–Trinajstić information content (AvgIpc) is 3.00. The van der Waals surface area contributed by atoms with E-state index in [-0.39, 0.29) is 30.9 Å². The summed E-state index contributed by atoms with van der Waals surface area (Å²) in [6.45, 7) is 5.85. The first-order valence-electron chi connectivity index (χ1n) is 15.0. The highest BCUT2D eigenvalue weighted by atomic mass is 16.5. The van der Waals surface area contributed by atoms with Crippen LogP contribution in [-0.2, 0) is 32.0 Å². The number of amides is 2. The van der Waals surface area contributed by atoms with E-state index >= 15 is 0 Å². The zero-order chi connectivity index (χ0) is 31.4. The number of ether oxygens (including phenoxy) is 1. The number of rotatable bonds is 13. The Bertz CT molecular complexity index is 1250. The number of aryl methyl sites for hydroxylation is 2. The number of hydrazine groups is 1. The van der Waals surface area contributed by atoms with E-state index in [1.54, 1.807) is 25.7 Å². The Balaban J connectivity index is 1.82. The van der Waals surface area contributed by atoms with Crippen LogP contribution in [0.15, 0.2) is 59.7 Å². The van der Waals surface area contributed by atoms with Crippen LogP contribution >= 0.6 is 0 Å². The predicted molar refractivity (Wildman–Crippen MR) is 167 cm³/mol. The molecule has 1 saturated heterocycles. The molecule has 1 aliphatic heterocycles. The number of nitrogens with one attached hydrogen (secondary N) is 2. The Morgan fingerprint density at radius 2 is 1.79 bits per heavy atom. The fraction of sp³-hybridized carbons (Fsp3) is 0.500. The van der Waals surface area contributed by atoms with E-state index in [4.69, 9.17) is 22.2 Å². The number of benzene rings is 2. The van der Waals surface area contributed by atoms with Gasteiger partial charge in [-0.25, -0.2) is 5.84 Å². The Morgan fingerprint density at radius 1 is 1.09 bits per heavy atom. The number of likely N-dealkylation sites (tertiary alicyclic amines) is 1. The summed E-state index contributed by atoms with van der Waals surface area (Å²) in [4.78, 5) is 41.8. The molecule has 3 rings (SSSR count). The minimum absolute atomic E-state index is 0.155. The molecule has 43 heavy (non-hydrogen) atoms. The van der Waals surface area contributed by atoms with Crippen molar-refractivity contribution in [3.8, 4) is 0 Å². The number of hydrazone groups is 1. The second-order valence-corrected chi connectivity index (χ2v) is 11.6. The SMILES string of the molecule is CCOC(=O)C1CN(C(=O)[C@@H](CCCc2ccccc2)NC(=O)C(C)(C)N)CCC1c1ccccc1CCC(=NN)NN. The number of nitrogens with two attached hydrogens (primary N) is 3. The van der Waals surface area contributed by atoms with Crippen molar-refractivity contribution < 1.29 is 19.1 Å². The van der Waals surface area contributed by atoms with Crippen molar-refractivity contribution in [2.45, 2.75) is 76.8 Å².